The fourth-order valence-corrected chi connectivity index (χ4v) is 2.55. The van der Waals surface area contributed by atoms with Crippen LogP contribution in [0.5, 0.6) is 0 Å². The summed E-state index contributed by atoms with van der Waals surface area (Å²) in [5.41, 5.74) is 2.03. The predicted molar refractivity (Wildman–Crippen MR) is 90.9 cm³/mol. The first kappa shape index (κ1) is 18.1. The van der Waals surface area contributed by atoms with Gasteiger partial charge in [-0.2, -0.15) is 5.10 Å². The second-order valence-electron chi connectivity index (χ2n) is 6.35. The second kappa shape index (κ2) is 7.57. The number of carbonyl (C=O) groups excluding carboxylic acids is 1. The Morgan fingerprint density at radius 2 is 1.92 bits per heavy atom. The molecule has 1 unspecified atom stereocenters. The number of halogens is 1. The van der Waals surface area contributed by atoms with Gasteiger partial charge in [-0.15, -0.1) is 0 Å². The molecule has 0 aliphatic carbocycles. The fourth-order valence-electron chi connectivity index (χ4n) is 2.55. The van der Waals surface area contributed by atoms with Crippen molar-refractivity contribution in [3.63, 3.8) is 0 Å². The number of benzene rings is 1. The molecule has 1 amide bonds. The molecule has 5 nitrogen and oxygen atoms in total. The molecule has 0 radical (unpaired) electrons. The summed E-state index contributed by atoms with van der Waals surface area (Å²) in [6, 6.07) is 6.02. The van der Waals surface area contributed by atoms with E-state index < -0.39 is 6.10 Å². The molecule has 1 N–H and O–H groups in total. The third-order valence-corrected chi connectivity index (χ3v) is 3.88. The standard InChI is InChI=1S/C18H24FN3O2/c1-12(2)17-16(18(24)21(4)10-9-13(3)23)11-20-22(17)15-7-5-14(19)6-8-15/h5-8,11-13,23H,9-10H2,1-4H3. The Kier molecular flexibility index (Phi) is 5.72. The number of aliphatic hydroxyl groups excluding tert-OH is 1. The lowest BCUT2D eigenvalue weighted by molar-refractivity contribution is 0.0767. The maximum Gasteiger partial charge on any atom is 0.257 e. The average Bonchev–Trinajstić information content (AvgIpc) is 2.97. The fraction of sp³-hybridized carbons (Fsp3) is 0.444. The lowest BCUT2D eigenvalue weighted by Gasteiger charge is -2.19. The number of rotatable bonds is 6. The molecule has 0 bridgehead atoms. The number of nitrogens with zero attached hydrogens (tertiary/aromatic N) is 3. The molecule has 130 valence electrons. The zero-order valence-electron chi connectivity index (χ0n) is 14.5. The van der Waals surface area contributed by atoms with Crippen molar-refractivity contribution in [3.05, 3.63) is 47.5 Å². The normalized spacial score (nSPS) is 12.5. The Labute approximate surface area is 141 Å². The number of carbonyl (C=O) groups is 1. The summed E-state index contributed by atoms with van der Waals surface area (Å²) in [4.78, 5) is 14.3. The van der Waals surface area contributed by atoms with Crippen LogP contribution < -0.4 is 0 Å². The van der Waals surface area contributed by atoms with Gasteiger partial charge in [0, 0.05) is 13.6 Å². The largest absolute Gasteiger partial charge is 0.393 e. The molecule has 6 heteroatoms. The summed E-state index contributed by atoms with van der Waals surface area (Å²) in [6.45, 7) is 6.15. The Morgan fingerprint density at radius 3 is 2.46 bits per heavy atom. The number of aromatic nitrogens is 2. The highest BCUT2D eigenvalue weighted by Crippen LogP contribution is 2.24. The summed E-state index contributed by atoms with van der Waals surface area (Å²) in [5.74, 6) is -0.375. The molecule has 0 spiro atoms. The van der Waals surface area contributed by atoms with E-state index in [0.717, 1.165) is 5.69 Å². The minimum Gasteiger partial charge on any atom is -0.393 e. The Balaban J connectivity index is 2.34. The first-order chi connectivity index (χ1) is 11.3. The van der Waals surface area contributed by atoms with Crippen LogP contribution >= 0.6 is 0 Å². The van der Waals surface area contributed by atoms with E-state index in [2.05, 4.69) is 5.10 Å². The van der Waals surface area contributed by atoms with Crippen LogP contribution in [0.1, 0.15) is 49.2 Å². The molecule has 2 aromatic rings. The molecule has 0 fully saturated rings. The Bertz CT molecular complexity index is 693. The minimum atomic E-state index is -0.452. The van der Waals surface area contributed by atoms with Crippen LogP contribution in [0.2, 0.25) is 0 Å². The van der Waals surface area contributed by atoms with Crippen LogP contribution in [0.15, 0.2) is 30.5 Å². The molecule has 24 heavy (non-hydrogen) atoms. The molecule has 0 saturated heterocycles. The van der Waals surface area contributed by atoms with Gasteiger partial charge in [-0.05, 0) is 43.5 Å². The van der Waals surface area contributed by atoms with E-state index in [9.17, 15) is 14.3 Å². The van der Waals surface area contributed by atoms with Gasteiger partial charge in [0.1, 0.15) is 5.82 Å². The number of hydrogen-bond acceptors (Lipinski definition) is 3. The van der Waals surface area contributed by atoms with Crippen LogP contribution in [0.25, 0.3) is 5.69 Å². The van der Waals surface area contributed by atoms with E-state index in [0.29, 0.717) is 24.2 Å². The average molecular weight is 333 g/mol. The van der Waals surface area contributed by atoms with Gasteiger partial charge in [-0.3, -0.25) is 4.79 Å². The van der Waals surface area contributed by atoms with Gasteiger partial charge in [-0.25, -0.2) is 9.07 Å². The zero-order chi connectivity index (χ0) is 17.9. The van der Waals surface area contributed by atoms with E-state index >= 15 is 0 Å². The molecule has 0 aliphatic rings. The van der Waals surface area contributed by atoms with Crippen LogP contribution in [0, 0.1) is 5.82 Å². The zero-order valence-corrected chi connectivity index (χ0v) is 14.5. The third kappa shape index (κ3) is 4.00. The van der Waals surface area contributed by atoms with Crippen LogP contribution in [0.4, 0.5) is 4.39 Å². The lowest BCUT2D eigenvalue weighted by Crippen LogP contribution is -2.30. The van der Waals surface area contributed by atoms with Crippen LogP contribution in [-0.4, -0.2) is 45.4 Å². The summed E-state index contributed by atoms with van der Waals surface area (Å²) in [7, 11) is 1.71. The van der Waals surface area contributed by atoms with Crippen molar-refractivity contribution in [1.29, 1.82) is 0 Å². The Morgan fingerprint density at radius 1 is 1.29 bits per heavy atom. The monoisotopic (exact) mass is 333 g/mol. The summed E-state index contributed by atoms with van der Waals surface area (Å²) < 4.78 is 14.8. The van der Waals surface area contributed by atoms with Crippen LogP contribution in [-0.2, 0) is 0 Å². The van der Waals surface area contributed by atoms with Gasteiger partial charge >= 0.3 is 0 Å². The number of hydrogen-bond donors (Lipinski definition) is 1. The molecule has 0 aliphatic heterocycles. The topological polar surface area (TPSA) is 58.4 Å². The molecule has 1 heterocycles. The van der Waals surface area contributed by atoms with E-state index in [1.54, 1.807) is 41.9 Å². The third-order valence-electron chi connectivity index (χ3n) is 3.88. The molecule has 0 saturated carbocycles. The SMILES string of the molecule is CC(O)CCN(C)C(=O)c1cnn(-c2ccc(F)cc2)c1C(C)C. The van der Waals surface area contributed by atoms with Gasteiger partial charge in [0.25, 0.3) is 5.91 Å². The molecule has 1 atom stereocenters. The van der Waals surface area contributed by atoms with E-state index in [-0.39, 0.29) is 17.6 Å². The van der Waals surface area contributed by atoms with Crippen molar-refractivity contribution in [3.8, 4) is 5.69 Å². The summed E-state index contributed by atoms with van der Waals surface area (Å²) in [6.07, 6.45) is 1.62. The quantitative estimate of drug-likeness (QED) is 0.884. The van der Waals surface area contributed by atoms with Gasteiger partial charge in [-0.1, -0.05) is 13.8 Å². The molecule has 2 rings (SSSR count). The predicted octanol–water partition coefficient (Wildman–Crippen LogP) is 2.98. The summed E-state index contributed by atoms with van der Waals surface area (Å²) in [5, 5.41) is 13.7. The molecular formula is C18H24FN3O2. The Hall–Kier alpha value is -2.21. The van der Waals surface area contributed by atoms with Gasteiger partial charge in [0.05, 0.1) is 29.2 Å². The van der Waals surface area contributed by atoms with Gasteiger partial charge < -0.3 is 10.0 Å². The van der Waals surface area contributed by atoms with Crippen molar-refractivity contribution in [2.45, 2.75) is 39.2 Å². The first-order valence-corrected chi connectivity index (χ1v) is 8.08. The van der Waals surface area contributed by atoms with Crippen molar-refractivity contribution < 1.29 is 14.3 Å². The van der Waals surface area contributed by atoms with Crippen LogP contribution in [0.3, 0.4) is 0 Å². The molecular weight excluding hydrogens is 309 g/mol. The molecule has 1 aromatic heterocycles. The van der Waals surface area contributed by atoms with E-state index in [1.165, 1.54) is 12.1 Å². The summed E-state index contributed by atoms with van der Waals surface area (Å²) >= 11 is 0. The maximum atomic E-state index is 13.1. The number of amides is 1. The van der Waals surface area contributed by atoms with Gasteiger partial charge in [0.15, 0.2) is 0 Å². The maximum absolute atomic E-state index is 13.1. The minimum absolute atomic E-state index is 0.0710. The number of aliphatic hydroxyl groups is 1. The van der Waals surface area contributed by atoms with Crippen molar-refractivity contribution in [2.24, 2.45) is 0 Å². The van der Waals surface area contributed by atoms with Crippen molar-refractivity contribution in [2.75, 3.05) is 13.6 Å². The van der Waals surface area contributed by atoms with E-state index in [1.807, 2.05) is 13.8 Å². The van der Waals surface area contributed by atoms with E-state index in [4.69, 9.17) is 0 Å². The van der Waals surface area contributed by atoms with Gasteiger partial charge in [0.2, 0.25) is 0 Å². The van der Waals surface area contributed by atoms with Crippen molar-refractivity contribution in [1.82, 2.24) is 14.7 Å². The smallest absolute Gasteiger partial charge is 0.257 e. The lowest BCUT2D eigenvalue weighted by atomic mass is 10.0. The highest BCUT2D eigenvalue weighted by molar-refractivity contribution is 5.95. The highest BCUT2D eigenvalue weighted by Gasteiger charge is 2.23. The second-order valence-corrected chi connectivity index (χ2v) is 6.35. The highest BCUT2D eigenvalue weighted by atomic mass is 19.1. The first-order valence-electron chi connectivity index (χ1n) is 8.08. The molecule has 1 aromatic carbocycles. The van der Waals surface area contributed by atoms with Crippen molar-refractivity contribution >= 4 is 5.91 Å².